The Bertz CT molecular complexity index is 577. The lowest BCUT2D eigenvalue weighted by atomic mass is 10.0. The molecular formula is C37H72O5. The van der Waals surface area contributed by atoms with Gasteiger partial charge >= 0.3 is 11.9 Å². The summed E-state index contributed by atoms with van der Waals surface area (Å²) in [5, 5.41) is 9.49. The molecule has 0 aliphatic heterocycles. The van der Waals surface area contributed by atoms with Crippen LogP contribution in [0, 0.1) is 5.92 Å². The van der Waals surface area contributed by atoms with Gasteiger partial charge in [-0.2, -0.15) is 0 Å². The van der Waals surface area contributed by atoms with Crippen LogP contribution in [0.25, 0.3) is 0 Å². The highest BCUT2D eigenvalue weighted by Gasteiger charge is 2.16. The standard InChI is InChI=1S/C37H72O5/c1-4-5-6-7-8-17-22-25-28-31-37(40)42-35(32-38)33-41-36(39)30-27-24-21-19-16-14-12-10-9-11-13-15-18-20-23-26-29-34(2)3/h34-35,38H,4-33H2,1-3H3/t35-/m0/s1. The number of unbranched alkanes of at least 4 members (excludes halogenated alkanes) is 23. The Hall–Kier alpha value is -1.10. The largest absolute Gasteiger partial charge is 0.462 e. The number of carbonyl (C=O) groups is 2. The maximum absolute atomic E-state index is 12.1. The van der Waals surface area contributed by atoms with Crippen LogP contribution in [0.3, 0.4) is 0 Å². The van der Waals surface area contributed by atoms with Gasteiger partial charge in [0.1, 0.15) is 6.61 Å². The Morgan fingerprint density at radius 1 is 0.524 bits per heavy atom. The quantitative estimate of drug-likeness (QED) is 0.0602. The fourth-order valence-electron chi connectivity index (χ4n) is 5.50. The van der Waals surface area contributed by atoms with E-state index in [2.05, 4.69) is 20.8 Å². The molecule has 0 aliphatic rings. The van der Waals surface area contributed by atoms with Crippen molar-refractivity contribution in [1.82, 2.24) is 0 Å². The maximum Gasteiger partial charge on any atom is 0.306 e. The van der Waals surface area contributed by atoms with Gasteiger partial charge in [0, 0.05) is 12.8 Å². The minimum atomic E-state index is -0.760. The number of aliphatic hydroxyl groups excluding tert-OH is 1. The van der Waals surface area contributed by atoms with E-state index in [-0.39, 0.29) is 25.2 Å². The highest BCUT2D eigenvalue weighted by atomic mass is 16.6. The van der Waals surface area contributed by atoms with Gasteiger partial charge in [0.2, 0.25) is 0 Å². The number of ether oxygens (including phenoxy) is 2. The van der Waals surface area contributed by atoms with E-state index in [1.165, 1.54) is 135 Å². The molecule has 0 saturated carbocycles. The first-order valence-corrected chi connectivity index (χ1v) is 18.5. The lowest BCUT2D eigenvalue weighted by Crippen LogP contribution is -2.28. The van der Waals surface area contributed by atoms with E-state index in [0.29, 0.717) is 12.8 Å². The summed E-state index contributed by atoms with van der Waals surface area (Å²) < 4.78 is 10.6. The van der Waals surface area contributed by atoms with Crippen LogP contribution in [0.15, 0.2) is 0 Å². The molecule has 0 amide bonds. The van der Waals surface area contributed by atoms with E-state index in [0.717, 1.165) is 38.0 Å². The molecule has 1 N–H and O–H groups in total. The fraction of sp³-hybridized carbons (Fsp3) is 0.946. The van der Waals surface area contributed by atoms with E-state index < -0.39 is 6.10 Å². The van der Waals surface area contributed by atoms with Gasteiger partial charge in [-0.15, -0.1) is 0 Å². The maximum atomic E-state index is 12.1. The van der Waals surface area contributed by atoms with Gasteiger partial charge in [0.05, 0.1) is 6.61 Å². The number of hydrogen-bond donors (Lipinski definition) is 1. The van der Waals surface area contributed by atoms with Gasteiger partial charge in [0.15, 0.2) is 6.10 Å². The predicted molar refractivity (Wildman–Crippen MR) is 178 cm³/mol. The van der Waals surface area contributed by atoms with E-state index >= 15 is 0 Å². The average molecular weight is 597 g/mol. The molecule has 250 valence electrons. The summed E-state index contributed by atoms with van der Waals surface area (Å²) in [6.45, 7) is 6.49. The molecule has 0 fully saturated rings. The van der Waals surface area contributed by atoms with E-state index in [4.69, 9.17) is 9.47 Å². The fourth-order valence-corrected chi connectivity index (χ4v) is 5.50. The van der Waals surface area contributed by atoms with Crippen molar-refractivity contribution >= 4 is 11.9 Å². The Balaban J connectivity index is 3.47. The summed E-state index contributed by atoms with van der Waals surface area (Å²) in [4.78, 5) is 24.1. The SMILES string of the molecule is CCCCCCCCCCCC(=O)O[C@@H](CO)COC(=O)CCCCCCCCCCCCCCCCCCC(C)C. The van der Waals surface area contributed by atoms with E-state index in [1.807, 2.05) is 0 Å². The molecule has 0 aromatic carbocycles. The van der Waals surface area contributed by atoms with Gasteiger partial charge in [0.25, 0.3) is 0 Å². The van der Waals surface area contributed by atoms with Crippen LogP contribution >= 0.6 is 0 Å². The van der Waals surface area contributed by atoms with Gasteiger partial charge in [-0.05, 0) is 18.8 Å². The molecular weight excluding hydrogens is 524 g/mol. The third-order valence-electron chi connectivity index (χ3n) is 8.33. The van der Waals surface area contributed by atoms with E-state index in [9.17, 15) is 14.7 Å². The predicted octanol–water partition coefficient (Wildman–Crippen LogP) is 11.0. The molecule has 1 atom stereocenters. The van der Waals surface area contributed by atoms with Crippen molar-refractivity contribution in [2.75, 3.05) is 13.2 Å². The second-order valence-electron chi connectivity index (χ2n) is 13.1. The van der Waals surface area contributed by atoms with Crippen molar-refractivity contribution in [3.63, 3.8) is 0 Å². The van der Waals surface area contributed by atoms with Crippen LogP contribution in [0.5, 0.6) is 0 Å². The molecule has 0 aliphatic carbocycles. The lowest BCUT2D eigenvalue weighted by Gasteiger charge is -2.15. The number of rotatable bonds is 33. The molecule has 5 heteroatoms. The van der Waals surface area contributed by atoms with Crippen molar-refractivity contribution < 1.29 is 24.2 Å². The van der Waals surface area contributed by atoms with Crippen molar-refractivity contribution in [3.05, 3.63) is 0 Å². The summed E-state index contributed by atoms with van der Waals surface area (Å²) in [6, 6.07) is 0. The number of carbonyl (C=O) groups excluding carboxylic acids is 2. The molecule has 0 bridgehead atoms. The first kappa shape index (κ1) is 40.9. The van der Waals surface area contributed by atoms with Gasteiger partial charge in [-0.25, -0.2) is 0 Å². The van der Waals surface area contributed by atoms with Crippen LogP contribution in [0.2, 0.25) is 0 Å². The van der Waals surface area contributed by atoms with Crippen molar-refractivity contribution in [2.45, 2.75) is 207 Å². The molecule has 0 unspecified atom stereocenters. The molecule has 5 nitrogen and oxygen atoms in total. The van der Waals surface area contributed by atoms with Crippen LogP contribution < -0.4 is 0 Å². The van der Waals surface area contributed by atoms with Crippen LogP contribution in [0.4, 0.5) is 0 Å². The Morgan fingerprint density at radius 3 is 1.26 bits per heavy atom. The molecule has 0 aromatic rings. The second-order valence-corrected chi connectivity index (χ2v) is 13.1. The number of aliphatic hydroxyl groups is 1. The topological polar surface area (TPSA) is 72.8 Å². The van der Waals surface area contributed by atoms with Crippen molar-refractivity contribution in [2.24, 2.45) is 5.92 Å². The van der Waals surface area contributed by atoms with Gasteiger partial charge in [-0.3, -0.25) is 9.59 Å². The second kappa shape index (κ2) is 32.8. The Labute approximate surface area is 261 Å². The van der Waals surface area contributed by atoms with Gasteiger partial charge in [-0.1, -0.05) is 175 Å². The number of hydrogen-bond acceptors (Lipinski definition) is 5. The zero-order chi connectivity index (χ0) is 30.9. The van der Waals surface area contributed by atoms with Gasteiger partial charge < -0.3 is 14.6 Å². The normalized spacial score (nSPS) is 12.1. The van der Waals surface area contributed by atoms with Crippen LogP contribution in [-0.2, 0) is 19.1 Å². The first-order valence-electron chi connectivity index (χ1n) is 18.5. The monoisotopic (exact) mass is 597 g/mol. The Morgan fingerprint density at radius 2 is 0.881 bits per heavy atom. The lowest BCUT2D eigenvalue weighted by molar-refractivity contribution is -0.161. The van der Waals surface area contributed by atoms with Crippen LogP contribution in [0.1, 0.15) is 201 Å². The summed E-state index contributed by atoms with van der Waals surface area (Å²) in [5.41, 5.74) is 0. The zero-order valence-corrected chi connectivity index (χ0v) is 28.4. The van der Waals surface area contributed by atoms with Crippen molar-refractivity contribution in [1.29, 1.82) is 0 Å². The third-order valence-corrected chi connectivity index (χ3v) is 8.33. The zero-order valence-electron chi connectivity index (χ0n) is 28.4. The molecule has 0 saturated heterocycles. The average Bonchev–Trinajstić information content (AvgIpc) is 2.97. The highest BCUT2D eigenvalue weighted by molar-refractivity contribution is 5.70. The molecule has 0 heterocycles. The minimum Gasteiger partial charge on any atom is -0.462 e. The number of esters is 2. The molecule has 0 spiro atoms. The molecule has 0 aromatic heterocycles. The summed E-state index contributed by atoms with van der Waals surface area (Å²) >= 11 is 0. The van der Waals surface area contributed by atoms with E-state index in [1.54, 1.807) is 0 Å². The molecule has 0 rings (SSSR count). The third kappa shape index (κ3) is 31.8. The summed E-state index contributed by atoms with van der Waals surface area (Å²) in [6.07, 6.45) is 33.1. The highest BCUT2D eigenvalue weighted by Crippen LogP contribution is 2.16. The first-order chi connectivity index (χ1) is 20.5. The summed E-state index contributed by atoms with van der Waals surface area (Å²) in [5.74, 6) is 0.277. The van der Waals surface area contributed by atoms with Crippen LogP contribution in [-0.4, -0.2) is 36.4 Å². The minimum absolute atomic E-state index is 0.0583. The van der Waals surface area contributed by atoms with Crippen molar-refractivity contribution in [3.8, 4) is 0 Å². The smallest absolute Gasteiger partial charge is 0.306 e. The summed E-state index contributed by atoms with van der Waals surface area (Å²) in [7, 11) is 0. The molecule has 0 radical (unpaired) electrons. The Kier molecular flexibility index (Phi) is 31.9. The molecule has 42 heavy (non-hydrogen) atoms.